The molecule has 1 heterocycles. The summed E-state index contributed by atoms with van der Waals surface area (Å²) < 4.78 is 0. The Balaban J connectivity index is 1.62. The molecule has 1 saturated carbocycles. The van der Waals surface area contributed by atoms with Crippen LogP contribution in [0.1, 0.15) is 29.9 Å². The average molecular weight is 379 g/mol. The van der Waals surface area contributed by atoms with Crippen LogP contribution in [0.15, 0.2) is 54.7 Å². The molecule has 0 unspecified atom stereocenters. The minimum Gasteiger partial charge on any atom is -0.378 e. The van der Waals surface area contributed by atoms with Crippen LogP contribution in [-0.2, 0) is 0 Å². The first-order valence-corrected chi connectivity index (χ1v) is 9.90. The molecule has 27 heavy (non-hydrogen) atoms. The standard InChI is InChI=1S/C22H26N4S/c1-26(2)17-11-7-15(8-12-17)19(13-24-22(27)25-16-9-10-16)20-14-23-21-6-4-3-5-18(20)21/h3-8,11-12,14,16,19,23H,9-10,13H2,1-2H3,(H2,24,25,27)/t19-/m1/s1. The Morgan fingerprint density at radius 2 is 1.89 bits per heavy atom. The van der Waals surface area contributed by atoms with Crippen LogP contribution >= 0.6 is 12.2 Å². The summed E-state index contributed by atoms with van der Waals surface area (Å²) in [5.41, 5.74) is 4.95. The van der Waals surface area contributed by atoms with E-state index in [1.807, 2.05) is 0 Å². The number of nitrogens with zero attached hydrogens (tertiary/aromatic N) is 1. The number of nitrogens with one attached hydrogen (secondary N) is 3. The first-order valence-electron chi connectivity index (χ1n) is 9.49. The van der Waals surface area contributed by atoms with Crippen LogP contribution in [0, 0.1) is 0 Å². The van der Waals surface area contributed by atoms with Crippen molar-refractivity contribution in [2.24, 2.45) is 0 Å². The van der Waals surface area contributed by atoms with Gasteiger partial charge in [0.2, 0.25) is 0 Å². The van der Waals surface area contributed by atoms with Crippen LogP contribution in [0.25, 0.3) is 10.9 Å². The van der Waals surface area contributed by atoms with Crippen LogP contribution in [0.2, 0.25) is 0 Å². The third-order valence-corrected chi connectivity index (χ3v) is 5.45. The van der Waals surface area contributed by atoms with Gasteiger partial charge in [-0.3, -0.25) is 0 Å². The summed E-state index contributed by atoms with van der Waals surface area (Å²) in [5.74, 6) is 0.219. The summed E-state index contributed by atoms with van der Waals surface area (Å²) in [4.78, 5) is 5.54. The van der Waals surface area contributed by atoms with Crippen molar-refractivity contribution < 1.29 is 0 Å². The number of H-pyrrole nitrogens is 1. The topological polar surface area (TPSA) is 43.1 Å². The summed E-state index contributed by atoms with van der Waals surface area (Å²) in [7, 11) is 4.13. The Morgan fingerprint density at radius 3 is 2.59 bits per heavy atom. The number of anilines is 1. The van der Waals surface area contributed by atoms with Crippen LogP contribution in [0.5, 0.6) is 0 Å². The van der Waals surface area contributed by atoms with Crippen molar-refractivity contribution in [2.45, 2.75) is 24.8 Å². The second-order valence-corrected chi connectivity index (χ2v) is 7.87. The Kier molecular flexibility index (Phi) is 5.03. The van der Waals surface area contributed by atoms with Crippen LogP contribution in [0.4, 0.5) is 5.69 Å². The van der Waals surface area contributed by atoms with Gasteiger partial charge in [0.1, 0.15) is 0 Å². The molecule has 0 amide bonds. The Labute approximate surface area is 166 Å². The maximum Gasteiger partial charge on any atom is 0.166 e. The summed E-state index contributed by atoms with van der Waals surface area (Å²) in [6.45, 7) is 0.766. The number of para-hydroxylation sites is 1. The molecule has 0 bridgehead atoms. The molecule has 1 aromatic heterocycles. The molecule has 0 radical (unpaired) electrons. The normalized spacial score (nSPS) is 14.7. The van der Waals surface area contributed by atoms with Gasteiger partial charge in [-0.2, -0.15) is 0 Å². The first kappa shape index (κ1) is 17.9. The smallest absolute Gasteiger partial charge is 0.166 e. The predicted octanol–water partition coefficient (Wildman–Crippen LogP) is 3.99. The molecular weight excluding hydrogens is 352 g/mol. The van der Waals surface area contributed by atoms with Crippen molar-refractivity contribution in [1.82, 2.24) is 15.6 Å². The fourth-order valence-electron chi connectivity index (χ4n) is 3.45. The number of aromatic amines is 1. The lowest BCUT2D eigenvalue weighted by Gasteiger charge is -2.21. The number of benzene rings is 2. The molecule has 0 spiro atoms. The summed E-state index contributed by atoms with van der Waals surface area (Å²) in [5, 5.41) is 8.83. The average Bonchev–Trinajstić information content (AvgIpc) is 3.39. The molecule has 5 heteroatoms. The Hall–Kier alpha value is -2.53. The van der Waals surface area contributed by atoms with Gasteiger partial charge in [0.05, 0.1) is 0 Å². The van der Waals surface area contributed by atoms with Gasteiger partial charge in [0.15, 0.2) is 5.11 Å². The summed E-state index contributed by atoms with van der Waals surface area (Å²) in [6.07, 6.45) is 4.58. The van der Waals surface area contributed by atoms with E-state index < -0.39 is 0 Å². The predicted molar refractivity (Wildman–Crippen MR) is 118 cm³/mol. The summed E-state index contributed by atoms with van der Waals surface area (Å²) in [6, 6.07) is 17.8. The van der Waals surface area contributed by atoms with Crippen LogP contribution in [0.3, 0.4) is 0 Å². The van der Waals surface area contributed by atoms with Crippen LogP contribution in [-0.4, -0.2) is 36.8 Å². The van der Waals surface area contributed by atoms with Crippen molar-refractivity contribution >= 4 is 33.9 Å². The Morgan fingerprint density at radius 1 is 1.15 bits per heavy atom. The van der Waals surface area contributed by atoms with Gasteiger partial charge in [-0.15, -0.1) is 0 Å². The van der Waals surface area contributed by atoms with E-state index in [9.17, 15) is 0 Å². The van der Waals surface area contributed by atoms with E-state index in [0.717, 1.165) is 11.7 Å². The molecule has 1 aliphatic carbocycles. The fourth-order valence-corrected chi connectivity index (χ4v) is 3.70. The minimum atomic E-state index is 0.219. The number of fused-ring (bicyclic) bond motifs is 1. The first-order chi connectivity index (χ1) is 13.1. The summed E-state index contributed by atoms with van der Waals surface area (Å²) >= 11 is 5.48. The van der Waals surface area contributed by atoms with Gasteiger partial charge in [0, 0.05) is 55.4 Å². The SMILES string of the molecule is CN(C)c1ccc([C@@H](CNC(=S)NC2CC2)c2c[nH]c3ccccc23)cc1. The molecule has 4 nitrogen and oxygen atoms in total. The lowest BCUT2D eigenvalue weighted by Crippen LogP contribution is -2.38. The van der Waals surface area contributed by atoms with E-state index in [4.69, 9.17) is 12.2 Å². The van der Waals surface area contributed by atoms with Crippen molar-refractivity contribution in [3.63, 3.8) is 0 Å². The van der Waals surface area contributed by atoms with Crippen molar-refractivity contribution in [3.05, 3.63) is 65.9 Å². The molecule has 3 N–H and O–H groups in total. The molecule has 4 rings (SSSR count). The molecular formula is C22H26N4S. The minimum absolute atomic E-state index is 0.219. The lowest BCUT2D eigenvalue weighted by molar-refractivity contribution is 0.742. The number of aromatic nitrogens is 1. The van der Waals surface area contributed by atoms with Crippen LogP contribution < -0.4 is 15.5 Å². The van der Waals surface area contributed by atoms with Crippen molar-refractivity contribution in [3.8, 4) is 0 Å². The monoisotopic (exact) mass is 378 g/mol. The van der Waals surface area contributed by atoms with Gasteiger partial charge in [-0.25, -0.2) is 0 Å². The highest BCUT2D eigenvalue weighted by molar-refractivity contribution is 7.80. The highest BCUT2D eigenvalue weighted by atomic mass is 32.1. The van der Waals surface area contributed by atoms with E-state index >= 15 is 0 Å². The number of rotatable bonds is 6. The molecule has 140 valence electrons. The third kappa shape index (κ3) is 4.08. The van der Waals surface area contributed by atoms with Gasteiger partial charge < -0.3 is 20.5 Å². The van der Waals surface area contributed by atoms with E-state index in [2.05, 4.69) is 89.3 Å². The molecule has 0 saturated heterocycles. The zero-order chi connectivity index (χ0) is 18.8. The number of hydrogen-bond donors (Lipinski definition) is 3. The molecule has 0 aliphatic heterocycles. The maximum absolute atomic E-state index is 5.48. The molecule has 1 atom stereocenters. The van der Waals surface area contributed by atoms with E-state index in [1.54, 1.807) is 0 Å². The molecule has 3 aromatic rings. The number of hydrogen-bond acceptors (Lipinski definition) is 2. The van der Waals surface area contributed by atoms with Gasteiger partial charge in [-0.1, -0.05) is 30.3 Å². The largest absolute Gasteiger partial charge is 0.378 e. The zero-order valence-electron chi connectivity index (χ0n) is 15.8. The highest BCUT2D eigenvalue weighted by Crippen LogP contribution is 2.31. The second kappa shape index (κ2) is 7.61. The highest BCUT2D eigenvalue weighted by Gasteiger charge is 2.23. The Bertz CT molecular complexity index is 925. The van der Waals surface area contributed by atoms with E-state index in [-0.39, 0.29) is 5.92 Å². The van der Waals surface area contributed by atoms with Crippen molar-refractivity contribution in [1.29, 1.82) is 0 Å². The molecule has 1 aliphatic rings. The fraction of sp³-hybridized carbons (Fsp3) is 0.318. The third-order valence-electron chi connectivity index (χ3n) is 5.19. The van der Waals surface area contributed by atoms with Gasteiger partial charge in [0.25, 0.3) is 0 Å². The second-order valence-electron chi connectivity index (χ2n) is 7.46. The van der Waals surface area contributed by atoms with Gasteiger partial charge in [-0.05, 0) is 54.4 Å². The molecule has 2 aromatic carbocycles. The van der Waals surface area contributed by atoms with Crippen molar-refractivity contribution in [2.75, 3.05) is 25.5 Å². The zero-order valence-corrected chi connectivity index (χ0v) is 16.6. The van der Waals surface area contributed by atoms with E-state index in [0.29, 0.717) is 6.04 Å². The van der Waals surface area contributed by atoms with Gasteiger partial charge >= 0.3 is 0 Å². The van der Waals surface area contributed by atoms with E-state index in [1.165, 1.54) is 40.6 Å². The quantitative estimate of drug-likeness (QED) is 0.568. The molecule has 1 fully saturated rings. The number of thiocarbonyl (C=S) groups is 1. The maximum atomic E-state index is 5.48. The lowest BCUT2D eigenvalue weighted by atomic mass is 9.90.